The fourth-order valence-corrected chi connectivity index (χ4v) is 4.18. The summed E-state index contributed by atoms with van der Waals surface area (Å²) in [7, 11) is 0. The molecule has 2 bridgehead atoms. The molecule has 0 saturated carbocycles. The Morgan fingerprint density at radius 2 is 2.12 bits per heavy atom. The minimum Gasteiger partial charge on any atom is -0.342 e. The molecular weight excluding hydrogens is 326 g/mol. The lowest BCUT2D eigenvalue weighted by molar-refractivity contribution is -0.131. The van der Waals surface area contributed by atoms with E-state index in [9.17, 15) is 9.59 Å². The largest absolute Gasteiger partial charge is 0.342 e. The van der Waals surface area contributed by atoms with E-state index < -0.39 is 0 Å². The van der Waals surface area contributed by atoms with Gasteiger partial charge in [0, 0.05) is 56.0 Å². The SMILES string of the molecule is CC(=O)N1C[C@@H]2C[C@H](C1)c1cc(-c3ncccc3Cl)cc(=O)n1C2. The van der Waals surface area contributed by atoms with Gasteiger partial charge in [-0.2, -0.15) is 0 Å². The number of aromatic nitrogens is 2. The minimum atomic E-state index is -0.0183. The Morgan fingerprint density at radius 1 is 1.29 bits per heavy atom. The first-order valence-electron chi connectivity index (χ1n) is 8.14. The third-order valence-corrected chi connectivity index (χ3v) is 5.34. The summed E-state index contributed by atoms with van der Waals surface area (Å²) in [5.74, 6) is 0.642. The second kappa shape index (κ2) is 5.74. The predicted octanol–water partition coefficient (Wildman–Crippen LogP) is 2.53. The van der Waals surface area contributed by atoms with Gasteiger partial charge in [-0.05, 0) is 30.5 Å². The zero-order valence-electron chi connectivity index (χ0n) is 13.4. The third-order valence-electron chi connectivity index (χ3n) is 5.03. The van der Waals surface area contributed by atoms with E-state index in [4.69, 9.17) is 11.6 Å². The Balaban J connectivity index is 1.81. The van der Waals surface area contributed by atoms with Gasteiger partial charge in [0.2, 0.25) is 5.91 Å². The number of hydrogen-bond donors (Lipinski definition) is 0. The molecule has 0 unspecified atom stereocenters. The van der Waals surface area contributed by atoms with Crippen LogP contribution in [0.4, 0.5) is 0 Å². The number of carbonyl (C=O) groups is 1. The number of carbonyl (C=O) groups excluding carboxylic acids is 1. The maximum atomic E-state index is 12.6. The van der Waals surface area contributed by atoms with E-state index in [-0.39, 0.29) is 17.4 Å². The Hall–Kier alpha value is -2.14. The van der Waals surface area contributed by atoms with Crippen molar-refractivity contribution in [1.82, 2.24) is 14.5 Å². The average Bonchev–Trinajstić information content (AvgIpc) is 2.56. The van der Waals surface area contributed by atoms with Crippen molar-refractivity contribution < 1.29 is 4.79 Å². The molecule has 4 heterocycles. The summed E-state index contributed by atoms with van der Waals surface area (Å²) in [6.07, 6.45) is 2.69. The van der Waals surface area contributed by atoms with Crippen LogP contribution in [0.3, 0.4) is 0 Å². The predicted molar refractivity (Wildman–Crippen MR) is 92.0 cm³/mol. The van der Waals surface area contributed by atoms with Gasteiger partial charge in [0.05, 0.1) is 10.7 Å². The van der Waals surface area contributed by atoms with Crippen LogP contribution in [-0.4, -0.2) is 33.4 Å². The second-order valence-electron chi connectivity index (χ2n) is 6.67. The number of halogens is 1. The van der Waals surface area contributed by atoms with Gasteiger partial charge in [0.25, 0.3) is 5.56 Å². The van der Waals surface area contributed by atoms with Crippen molar-refractivity contribution in [2.24, 2.45) is 5.92 Å². The van der Waals surface area contributed by atoms with Crippen LogP contribution >= 0.6 is 11.6 Å². The van der Waals surface area contributed by atoms with Crippen LogP contribution in [0.15, 0.2) is 35.3 Å². The van der Waals surface area contributed by atoms with Crippen molar-refractivity contribution in [3.63, 3.8) is 0 Å². The van der Waals surface area contributed by atoms with Crippen molar-refractivity contribution in [3.8, 4) is 11.3 Å². The van der Waals surface area contributed by atoms with Gasteiger partial charge in [0.15, 0.2) is 0 Å². The topological polar surface area (TPSA) is 55.2 Å². The Kier molecular flexibility index (Phi) is 3.68. The maximum absolute atomic E-state index is 12.6. The van der Waals surface area contributed by atoms with E-state index in [2.05, 4.69) is 4.98 Å². The molecule has 1 saturated heterocycles. The lowest BCUT2D eigenvalue weighted by Gasteiger charge is -2.42. The van der Waals surface area contributed by atoms with Crippen LogP contribution in [0.1, 0.15) is 25.0 Å². The van der Waals surface area contributed by atoms with Crippen molar-refractivity contribution in [2.75, 3.05) is 13.1 Å². The second-order valence-corrected chi connectivity index (χ2v) is 7.08. The van der Waals surface area contributed by atoms with Crippen LogP contribution in [0, 0.1) is 5.92 Å². The summed E-state index contributed by atoms with van der Waals surface area (Å²) < 4.78 is 1.86. The van der Waals surface area contributed by atoms with Crippen molar-refractivity contribution >= 4 is 17.5 Å². The molecule has 0 aromatic carbocycles. The highest BCUT2D eigenvalue weighted by Crippen LogP contribution is 2.37. The van der Waals surface area contributed by atoms with Gasteiger partial charge in [-0.3, -0.25) is 14.6 Å². The standard InChI is InChI=1S/C18H18ClN3O2/c1-11(23)21-8-12-5-14(10-21)16-6-13(7-17(24)22(16)9-12)18-15(19)3-2-4-20-18/h2-4,6-7,12,14H,5,8-10H2,1H3/t12-,14+/m0/s1. The van der Waals surface area contributed by atoms with Gasteiger partial charge in [-0.1, -0.05) is 11.6 Å². The van der Waals surface area contributed by atoms with Gasteiger partial charge in [0.1, 0.15) is 0 Å². The summed E-state index contributed by atoms with van der Waals surface area (Å²) in [4.78, 5) is 30.6. The van der Waals surface area contributed by atoms with Gasteiger partial charge >= 0.3 is 0 Å². The molecule has 5 nitrogen and oxygen atoms in total. The van der Waals surface area contributed by atoms with E-state index in [0.29, 0.717) is 29.7 Å². The molecular formula is C18H18ClN3O2. The van der Waals surface area contributed by atoms with Crippen LogP contribution in [-0.2, 0) is 11.3 Å². The van der Waals surface area contributed by atoms with E-state index in [1.54, 1.807) is 31.3 Å². The van der Waals surface area contributed by atoms with E-state index in [1.807, 2.05) is 15.5 Å². The number of rotatable bonds is 1. The third kappa shape index (κ3) is 2.53. The summed E-state index contributed by atoms with van der Waals surface area (Å²) in [5.41, 5.74) is 2.34. The smallest absolute Gasteiger partial charge is 0.251 e. The number of amides is 1. The normalized spacial score (nSPS) is 22.2. The molecule has 1 amide bonds. The molecule has 0 spiro atoms. The number of nitrogens with zero attached hydrogens (tertiary/aromatic N) is 3. The minimum absolute atomic E-state index is 0.0183. The molecule has 6 heteroatoms. The van der Waals surface area contributed by atoms with E-state index in [0.717, 1.165) is 24.2 Å². The van der Waals surface area contributed by atoms with Crippen LogP contribution in [0.5, 0.6) is 0 Å². The average molecular weight is 344 g/mol. The van der Waals surface area contributed by atoms with E-state index >= 15 is 0 Å². The van der Waals surface area contributed by atoms with Crippen molar-refractivity contribution in [3.05, 3.63) is 51.5 Å². The van der Waals surface area contributed by atoms with Crippen LogP contribution in [0.2, 0.25) is 5.02 Å². The molecule has 0 radical (unpaired) electrons. The molecule has 2 atom stereocenters. The molecule has 4 rings (SSSR count). The molecule has 0 aliphatic carbocycles. The molecule has 1 fully saturated rings. The molecule has 2 aliphatic heterocycles. The van der Waals surface area contributed by atoms with Gasteiger partial charge in [-0.15, -0.1) is 0 Å². The number of hydrogen-bond acceptors (Lipinski definition) is 3. The molecule has 2 aromatic rings. The molecule has 0 N–H and O–H groups in total. The first-order valence-corrected chi connectivity index (χ1v) is 8.52. The van der Waals surface area contributed by atoms with Crippen LogP contribution < -0.4 is 5.56 Å². The monoisotopic (exact) mass is 343 g/mol. The molecule has 124 valence electrons. The Labute approximate surface area is 144 Å². The maximum Gasteiger partial charge on any atom is 0.251 e. The van der Waals surface area contributed by atoms with Crippen molar-refractivity contribution in [2.45, 2.75) is 25.8 Å². The fourth-order valence-electron chi connectivity index (χ4n) is 3.95. The zero-order chi connectivity index (χ0) is 16.8. The fraction of sp³-hybridized carbons (Fsp3) is 0.389. The number of pyridine rings is 2. The molecule has 2 aliphatic rings. The number of piperidine rings is 1. The van der Waals surface area contributed by atoms with E-state index in [1.165, 1.54) is 0 Å². The quantitative estimate of drug-likeness (QED) is 0.799. The van der Waals surface area contributed by atoms with Crippen LogP contribution in [0.25, 0.3) is 11.3 Å². The van der Waals surface area contributed by atoms with Crippen molar-refractivity contribution in [1.29, 1.82) is 0 Å². The number of likely N-dealkylation sites (tertiary alicyclic amines) is 1. The first-order chi connectivity index (χ1) is 11.5. The number of fused-ring (bicyclic) bond motifs is 4. The Morgan fingerprint density at radius 3 is 2.88 bits per heavy atom. The lowest BCUT2D eigenvalue weighted by Crippen LogP contribution is -2.48. The highest BCUT2D eigenvalue weighted by molar-refractivity contribution is 6.33. The first kappa shape index (κ1) is 15.4. The zero-order valence-corrected chi connectivity index (χ0v) is 14.2. The highest BCUT2D eigenvalue weighted by Gasteiger charge is 2.35. The summed E-state index contributed by atoms with van der Waals surface area (Å²) >= 11 is 6.24. The van der Waals surface area contributed by atoms with Gasteiger partial charge in [-0.25, -0.2) is 0 Å². The Bertz CT molecular complexity index is 877. The lowest BCUT2D eigenvalue weighted by atomic mass is 9.82. The summed E-state index contributed by atoms with van der Waals surface area (Å²) in [5, 5.41) is 0.532. The molecule has 2 aromatic heterocycles. The summed E-state index contributed by atoms with van der Waals surface area (Å²) in [6, 6.07) is 7.17. The summed E-state index contributed by atoms with van der Waals surface area (Å²) in [6.45, 7) is 3.69. The highest BCUT2D eigenvalue weighted by atomic mass is 35.5. The van der Waals surface area contributed by atoms with Gasteiger partial charge < -0.3 is 9.47 Å². The molecule has 24 heavy (non-hydrogen) atoms.